The molecule has 0 saturated heterocycles. The highest BCUT2D eigenvalue weighted by Crippen LogP contribution is 2.45. The van der Waals surface area contributed by atoms with Gasteiger partial charge in [-0.05, 0) is 131 Å². The zero-order valence-corrected chi connectivity index (χ0v) is 75.7. The van der Waals surface area contributed by atoms with Crippen LogP contribution in [0.2, 0.25) is 0 Å². The number of aromatic amines is 2. The minimum Gasteiger partial charge on any atom is -0.374 e. The fourth-order valence-corrected chi connectivity index (χ4v) is 16.9. The minimum atomic E-state index is -0.322. The van der Waals surface area contributed by atoms with Crippen molar-refractivity contribution >= 4 is 44.4 Å². The molecule has 8 unspecified atom stereocenters. The molecule has 2 aliphatic heterocycles. The predicted octanol–water partition coefficient (Wildman–Crippen LogP) is 31.0. The van der Waals surface area contributed by atoms with E-state index in [1.165, 1.54) is 205 Å². The number of aromatic nitrogens is 4. The van der Waals surface area contributed by atoms with Crippen LogP contribution in [-0.4, -0.2) is 97.2 Å². The Hall–Kier alpha value is -3.72. The average molecular weight is 1560 g/mol. The molecule has 12 heteroatoms. The predicted molar refractivity (Wildman–Crippen MR) is 481 cm³/mol. The molecular formula is C100H174N4O8. The molecule has 5 rings (SSSR count). The van der Waals surface area contributed by atoms with Crippen LogP contribution in [0.3, 0.4) is 0 Å². The highest BCUT2D eigenvalue weighted by Gasteiger charge is 2.35. The molecule has 2 N–H and O–H groups in total. The number of hydrogen-bond acceptors (Lipinski definition) is 10. The van der Waals surface area contributed by atoms with Gasteiger partial charge in [-0.1, -0.05) is 312 Å². The van der Waals surface area contributed by atoms with Crippen molar-refractivity contribution in [2.24, 2.45) is 0 Å². The molecule has 112 heavy (non-hydrogen) atoms. The molecule has 642 valence electrons. The van der Waals surface area contributed by atoms with Gasteiger partial charge in [-0.25, -0.2) is 9.97 Å². The van der Waals surface area contributed by atoms with Crippen LogP contribution in [0.5, 0.6) is 0 Å². The summed E-state index contributed by atoms with van der Waals surface area (Å²) in [4.78, 5) is 20.5. The van der Waals surface area contributed by atoms with Crippen molar-refractivity contribution in [3.8, 4) is 0 Å². The van der Waals surface area contributed by atoms with Crippen LogP contribution in [0.15, 0.2) is 24.3 Å². The largest absolute Gasteiger partial charge is 0.374 e. The summed E-state index contributed by atoms with van der Waals surface area (Å²) in [6.07, 6.45) is 54.7. The summed E-state index contributed by atoms with van der Waals surface area (Å²) >= 11 is 0. The van der Waals surface area contributed by atoms with Gasteiger partial charge < -0.3 is 47.9 Å². The Morgan fingerprint density at radius 3 is 0.536 bits per heavy atom. The molecule has 0 aromatic carbocycles. The Morgan fingerprint density at radius 1 is 0.196 bits per heavy atom. The van der Waals surface area contributed by atoms with Gasteiger partial charge in [-0.3, -0.25) is 0 Å². The monoisotopic (exact) mass is 1560 g/mol. The van der Waals surface area contributed by atoms with Gasteiger partial charge in [-0.15, -0.1) is 0 Å². The van der Waals surface area contributed by atoms with Crippen molar-refractivity contribution < 1.29 is 37.9 Å². The SMILES string of the molecule is CCCCCCCCOC(C)C1=C(C(C)OCCCCCCCC)c2cc3[nH]c(cc4[nH]c(cc5nc(cc1n2)C(C(C)OCCCCCCCC)=C5C(C)OCCCCCCCC)c(C(C)OCCCCCCCC)c4C(C)OCCCCCCCC)c(C(C)OCCCCCCCC)c3C(C)OCCCCCCCC. The highest BCUT2D eigenvalue weighted by atomic mass is 16.5. The summed E-state index contributed by atoms with van der Waals surface area (Å²) in [6.45, 7) is 41.9. The lowest BCUT2D eigenvalue weighted by Crippen LogP contribution is -2.18. The molecule has 3 aromatic heterocycles. The number of H-pyrrole nitrogens is 2. The quantitative estimate of drug-likeness (QED) is 0.0527. The fourth-order valence-electron chi connectivity index (χ4n) is 16.9. The number of fused-ring (bicyclic) bond motifs is 8. The van der Waals surface area contributed by atoms with Crippen LogP contribution in [0, 0.1) is 0 Å². The summed E-state index contributed by atoms with van der Waals surface area (Å²) in [5.41, 5.74) is 16.0. The first-order valence-electron chi connectivity index (χ1n) is 48.0. The number of unbranched alkanes of at least 4 members (excludes halogenated alkanes) is 40. The van der Waals surface area contributed by atoms with Gasteiger partial charge in [0.1, 0.15) is 0 Å². The van der Waals surface area contributed by atoms with E-state index in [2.05, 4.69) is 145 Å². The van der Waals surface area contributed by atoms with Crippen LogP contribution in [0.1, 0.15) is 488 Å². The lowest BCUT2D eigenvalue weighted by Gasteiger charge is -2.22. The number of hydrogen-bond donors (Lipinski definition) is 2. The Kier molecular flexibility index (Phi) is 54.3. The van der Waals surface area contributed by atoms with E-state index in [1.807, 2.05) is 0 Å². The summed E-state index contributed by atoms with van der Waals surface area (Å²) in [7, 11) is 0. The molecule has 0 amide bonds. The van der Waals surface area contributed by atoms with Crippen molar-refractivity contribution in [2.75, 3.05) is 52.9 Å². The third-order valence-corrected chi connectivity index (χ3v) is 23.7. The van der Waals surface area contributed by atoms with Crippen molar-refractivity contribution in [1.29, 1.82) is 0 Å². The van der Waals surface area contributed by atoms with E-state index < -0.39 is 0 Å². The molecule has 0 radical (unpaired) electrons. The van der Waals surface area contributed by atoms with Gasteiger partial charge in [0.05, 0.1) is 71.6 Å². The number of nitrogens with zero attached hydrogens (tertiary/aromatic N) is 2. The van der Waals surface area contributed by atoms with E-state index >= 15 is 0 Å². The molecule has 8 atom stereocenters. The summed E-state index contributed by atoms with van der Waals surface area (Å²) in [5.74, 6) is 0. The molecule has 5 heterocycles. The molecule has 0 saturated carbocycles. The molecule has 0 spiro atoms. The van der Waals surface area contributed by atoms with Crippen LogP contribution < -0.4 is 0 Å². The maximum atomic E-state index is 7.25. The summed E-state index contributed by atoms with van der Waals surface area (Å²) < 4.78 is 57.9. The smallest absolute Gasteiger partial charge is 0.0822 e. The van der Waals surface area contributed by atoms with Crippen molar-refractivity contribution in [3.63, 3.8) is 0 Å². The maximum Gasteiger partial charge on any atom is 0.0822 e. The van der Waals surface area contributed by atoms with E-state index in [4.69, 9.17) is 47.9 Å². The standard InChI is InChI=1S/C100H174N4O8/c1-17-25-33-41-49-57-65-105-77(9)93-85-73-87-95(79(11)107-67-59-51-43-35-27-19-3)97(81(13)109-69-61-53-45-37-29-21-5)89(102-87)75-91-99(83(15)111-71-63-55-47-39-31-23-7)100(84(16)112-72-64-56-48-40-32-24-8)92(104-91)76-90-98(82(14)110-70-62-54-46-38-30-22-6)96(80(12)108-68-60-52-44-36-28-20-4)88(103-90)74-86(101-85)94(93)78(10)106-66-58-50-42-34-26-18-2/h73-84,101-102H,17-72H2,1-16H3. The first-order valence-corrected chi connectivity index (χ1v) is 48.0. The number of rotatable bonds is 72. The Bertz CT molecular complexity index is 2930. The van der Waals surface area contributed by atoms with Gasteiger partial charge in [-0.2, -0.15) is 0 Å². The van der Waals surface area contributed by atoms with Crippen LogP contribution in [0.4, 0.5) is 0 Å². The van der Waals surface area contributed by atoms with Gasteiger partial charge in [0.25, 0.3) is 0 Å². The first kappa shape index (κ1) is 98.9. The van der Waals surface area contributed by atoms with E-state index in [0.29, 0.717) is 52.9 Å². The van der Waals surface area contributed by atoms with E-state index in [1.54, 1.807) is 0 Å². The van der Waals surface area contributed by atoms with Crippen LogP contribution >= 0.6 is 0 Å². The third-order valence-electron chi connectivity index (χ3n) is 23.7. The zero-order valence-electron chi connectivity index (χ0n) is 75.7. The number of nitrogens with one attached hydrogen (secondary N) is 2. The van der Waals surface area contributed by atoms with Gasteiger partial charge >= 0.3 is 0 Å². The van der Waals surface area contributed by atoms with Crippen LogP contribution in [-0.2, 0) is 37.9 Å². The maximum absolute atomic E-state index is 7.25. The summed E-state index contributed by atoms with van der Waals surface area (Å²) in [5, 5.41) is 0. The highest BCUT2D eigenvalue weighted by molar-refractivity contribution is 5.99. The van der Waals surface area contributed by atoms with E-state index in [-0.39, 0.29) is 48.8 Å². The molecule has 0 fully saturated rings. The van der Waals surface area contributed by atoms with Crippen molar-refractivity contribution in [2.45, 2.75) is 468 Å². The molecule has 2 aliphatic rings. The lowest BCUT2D eigenvalue weighted by atomic mass is 9.93. The summed E-state index contributed by atoms with van der Waals surface area (Å²) in [6, 6.07) is 9.39. The topological polar surface area (TPSA) is 131 Å². The van der Waals surface area contributed by atoms with Gasteiger partial charge in [0.2, 0.25) is 0 Å². The molecule has 12 nitrogen and oxygen atoms in total. The first-order chi connectivity index (χ1) is 54.7. The third kappa shape index (κ3) is 36.2. The normalized spacial score (nSPS) is 14.9. The lowest BCUT2D eigenvalue weighted by molar-refractivity contribution is 0.0486. The molecule has 0 aliphatic carbocycles. The Balaban J connectivity index is 2.07. The van der Waals surface area contributed by atoms with Gasteiger partial charge in [0.15, 0.2) is 0 Å². The average Bonchev–Trinajstić information content (AvgIpc) is 1.59. The second kappa shape index (κ2) is 61.6. The van der Waals surface area contributed by atoms with Crippen molar-refractivity contribution in [3.05, 3.63) is 69.3 Å². The number of ether oxygens (including phenoxy) is 8. The molecular weight excluding hydrogens is 1390 g/mol. The molecule has 3 aromatic rings. The van der Waals surface area contributed by atoms with Crippen molar-refractivity contribution in [1.82, 2.24) is 19.9 Å². The second-order valence-corrected chi connectivity index (χ2v) is 33.8. The van der Waals surface area contributed by atoms with E-state index in [0.717, 1.165) is 192 Å². The Morgan fingerprint density at radius 2 is 0.348 bits per heavy atom. The Labute approximate surface area is 688 Å². The zero-order chi connectivity index (χ0) is 80.8. The molecule has 8 bridgehead atoms. The second-order valence-electron chi connectivity index (χ2n) is 33.8. The fraction of sp³-hybridized carbons (Fsp3) is 0.800. The minimum absolute atomic E-state index is 0.292. The van der Waals surface area contributed by atoms with Gasteiger partial charge in [0, 0.05) is 119 Å². The van der Waals surface area contributed by atoms with E-state index in [9.17, 15) is 0 Å². The van der Waals surface area contributed by atoms with Crippen LogP contribution in [0.25, 0.3) is 44.4 Å².